The highest BCUT2D eigenvalue weighted by atomic mass is 16.3. The van der Waals surface area contributed by atoms with Gasteiger partial charge >= 0.3 is 0 Å². The fourth-order valence-electron chi connectivity index (χ4n) is 3.05. The lowest BCUT2D eigenvalue weighted by molar-refractivity contribution is -0.131. The van der Waals surface area contributed by atoms with Crippen LogP contribution in [0.4, 0.5) is 0 Å². The lowest BCUT2D eigenvalue weighted by Crippen LogP contribution is -2.49. The van der Waals surface area contributed by atoms with Gasteiger partial charge in [0, 0.05) is 26.1 Å². The van der Waals surface area contributed by atoms with Crippen molar-refractivity contribution < 1.29 is 9.90 Å². The SMILES string of the molecule is CN1CC[C@H](O)[C@H](C(=O)NCCc2nc3ccccc3c(=O)[nH]2)C1. The summed E-state index contributed by atoms with van der Waals surface area (Å²) < 4.78 is 0. The third kappa shape index (κ3) is 3.63. The van der Waals surface area contributed by atoms with Crippen molar-refractivity contribution in [2.75, 3.05) is 26.7 Å². The molecule has 2 aromatic rings. The summed E-state index contributed by atoms with van der Waals surface area (Å²) in [4.78, 5) is 33.4. The first-order valence-corrected chi connectivity index (χ1v) is 8.17. The van der Waals surface area contributed by atoms with E-state index in [1.54, 1.807) is 18.2 Å². The summed E-state index contributed by atoms with van der Waals surface area (Å²) in [5.41, 5.74) is 0.471. The van der Waals surface area contributed by atoms with Crippen LogP contribution in [-0.2, 0) is 11.2 Å². The molecule has 3 rings (SSSR count). The maximum absolute atomic E-state index is 12.2. The van der Waals surface area contributed by atoms with Gasteiger partial charge in [0.2, 0.25) is 5.91 Å². The van der Waals surface area contributed by atoms with Crippen LogP contribution in [0.5, 0.6) is 0 Å². The van der Waals surface area contributed by atoms with Gasteiger partial charge in [-0.05, 0) is 25.6 Å². The Morgan fingerprint density at radius 1 is 1.46 bits per heavy atom. The van der Waals surface area contributed by atoms with Crippen LogP contribution < -0.4 is 10.9 Å². The molecule has 7 heteroatoms. The van der Waals surface area contributed by atoms with E-state index in [0.717, 1.165) is 6.54 Å². The fourth-order valence-corrected chi connectivity index (χ4v) is 3.05. The van der Waals surface area contributed by atoms with Crippen LogP contribution in [0.25, 0.3) is 10.9 Å². The maximum atomic E-state index is 12.2. The molecule has 0 unspecified atom stereocenters. The number of aromatic amines is 1. The van der Waals surface area contributed by atoms with Crippen molar-refractivity contribution in [3.63, 3.8) is 0 Å². The number of aliphatic hydroxyl groups excluding tert-OH is 1. The van der Waals surface area contributed by atoms with Crippen LogP contribution in [0.3, 0.4) is 0 Å². The molecule has 1 saturated heterocycles. The van der Waals surface area contributed by atoms with E-state index in [2.05, 4.69) is 15.3 Å². The summed E-state index contributed by atoms with van der Waals surface area (Å²) in [5.74, 6) is -0.0233. The molecule has 128 valence electrons. The molecule has 0 aliphatic carbocycles. The maximum Gasteiger partial charge on any atom is 0.258 e. The number of likely N-dealkylation sites (tertiary alicyclic amines) is 1. The Bertz CT molecular complexity index is 789. The number of nitrogens with zero attached hydrogens (tertiary/aromatic N) is 2. The summed E-state index contributed by atoms with van der Waals surface area (Å²) in [6.07, 6.45) is 0.443. The zero-order chi connectivity index (χ0) is 17.1. The zero-order valence-corrected chi connectivity index (χ0v) is 13.7. The van der Waals surface area contributed by atoms with Gasteiger partial charge in [0.25, 0.3) is 5.56 Å². The molecule has 3 N–H and O–H groups in total. The van der Waals surface area contributed by atoms with E-state index in [1.807, 2.05) is 18.0 Å². The predicted molar refractivity (Wildman–Crippen MR) is 90.7 cm³/mol. The fraction of sp³-hybridized carbons (Fsp3) is 0.471. The first kappa shape index (κ1) is 16.6. The largest absolute Gasteiger partial charge is 0.392 e. The van der Waals surface area contributed by atoms with Crippen LogP contribution in [0, 0.1) is 5.92 Å². The molecule has 1 amide bonds. The van der Waals surface area contributed by atoms with Crippen molar-refractivity contribution in [3.05, 3.63) is 40.4 Å². The van der Waals surface area contributed by atoms with Gasteiger partial charge in [-0.25, -0.2) is 4.98 Å². The summed E-state index contributed by atoms with van der Waals surface area (Å²) >= 11 is 0. The Morgan fingerprint density at radius 2 is 2.25 bits per heavy atom. The minimum Gasteiger partial charge on any atom is -0.392 e. The molecule has 0 bridgehead atoms. The molecule has 2 atom stereocenters. The van der Waals surface area contributed by atoms with Gasteiger partial charge in [0.05, 0.1) is 22.9 Å². The van der Waals surface area contributed by atoms with Crippen LogP contribution in [0.15, 0.2) is 29.1 Å². The van der Waals surface area contributed by atoms with Crippen molar-refractivity contribution in [3.8, 4) is 0 Å². The minimum absolute atomic E-state index is 0.155. The number of para-hydroxylation sites is 1. The molecular formula is C17H22N4O3. The number of aliphatic hydroxyl groups is 1. The number of rotatable bonds is 4. The van der Waals surface area contributed by atoms with Gasteiger partial charge < -0.3 is 20.3 Å². The Morgan fingerprint density at radius 3 is 3.08 bits per heavy atom. The summed E-state index contributed by atoms with van der Waals surface area (Å²) in [7, 11) is 1.94. The number of H-pyrrole nitrogens is 1. The monoisotopic (exact) mass is 330 g/mol. The van der Waals surface area contributed by atoms with Crippen LogP contribution in [0.1, 0.15) is 12.2 Å². The molecule has 7 nitrogen and oxygen atoms in total. The number of amides is 1. The van der Waals surface area contributed by atoms with Crippen molar-refractivity contribution in [2.45, 2.75) is 18.9 Å². The Labute approximate surface area is 139 Å². The third-order valence-electron chi connectivity index (χ3n) is 4.44. The van der Waals surface area contributed by atoms with Crippen molar-refractivity contribution >= 4 is 16.8 Å². The number of piperidine rings is 1. The molecule has 1 fully saturated rings. The van der Waals surface area contributed by atoms with E-state index in [1.165, 1.54) is 0 Å². The zero-order valence-electron chi connectivity index (χ0n) is 13.7. The van der Waals surface area contributed by atoms with Gasteiger partial charge in [-0.3, -0.25) is 9.59 Å². The Kier molecular flexibility index (Phi) is 4.92. The van der Waals surface area contributed by atoms with Crippen LogP contribution >= 0.6 is 0 Å². The van der Waals surface area contributed by atoms with Gasteiger partial charge in [0.15, 0.2) is 0 Å². The first-order valence-electron chi connectivity index (χ1n) is 8.17. The van der Waals surface area contributed by atoms with Crippen molar-refractivity contribution in [1.29, 1.82) is 0 Å². The number of carbonyl (C=O) groups excluding carboxylic acids is 1. The number of benzene rings is 1. The molecule has 1 aromatic heterocycles. The standard InChI is InChI=1S/C17H22N4O3/c1-21-9-7-14(22)12(10-21)16(23)18-8-6-15-19-13-5-3-2-4-11(13)17(24)20-15/h2-5,12,14,22H,6-10H2,1H3,(H,18,23)(H,19,20,24)/t12-,14+/m1/s1. The molecule has 24 heavy (non-hydrogen) atoms. The Hall–Kier alpha value is -2.25. The normalized spacial score (nSPS) is 21.8. The quantitative estimate of drug-likeness (QED) is 0.727. The average Bonchev–Trinajstić information content (AvgIpc) is 2.57. The molecule has 0 spiro atoms. The minimum atomic E-state index is -0.597. The highest BCUT2D eigenvalue weighted by molar-refractivity contribution is 5.79. The first-order chi connectivity index (χ1) is 11.5. The van der Waals surface area contributed by atoms with E-state index < -0.39 is 12.0 Å². The second kappa shape index (κ2) is 7.11. The summed E-state index contributed by atoms with van der Waals surface area (Å²) in [6.45, 7) is 1.72. The van der Waals surface area contributed by atoms with Gasteiger partial charge in [-0.1, -0.05) is 12.1 Å². The van der Waals surface area contributed by atoms with E-state index in [0.29, 0.717) is 42.7 Å². The highest BCUT2D eigenvalue weighted by Crippen LogP contribution is 2.16. The average molecular weight is 330 g/mol. The second-order valence-corrected chi connectivity index (χ2v) is 6.30. The summed E-state index contributed by atoms with van der Waals surface area (Å²) in [5, 5.41) is 13.4. The molecule has 0 radical (unpaired) electrons. The number of aromatic nitrogens is 2. The molecular weight excluding hydrogens is 308 g/mol. The summed E-state index contributed by atoms with van der Waals surface area (Å²) in [6, 6.07) is 7.15. The van der Waals surface area contributed by atoms with Crippen LogP contribution in [-0.4, -0.2) is 58.7 Å². The number of hydrogen-bond acceptors (Lipinski definition) is 5. The van der Waals surface area contributed by atoms with Gasteiger partial charge in [0.1, 0.15) is 5.82 Å². The number of hydrogen-bond donors (Lipinski definition) is 3. The molecule has 1 aliphatic rings. The van der Waals surface area contributed by atoms with E-state index in [4.69, 9.17) is 0 Å². The number of nitrogens with one attached hydrogen (secondary N) is 2. The van der Waals surface area contributed by atoms with Crippen molar-refractivity contribution in [2.24, 2.45) is 5.92 Å². The van der Waals surface area contributed by atoms with Crippen molar-refractivity contribution in [1.82, 2.24) is 20.2 Å². The predicted octanol–water partition coefficient (Wildman–Crippen LogP) is -0.106. The molecule has 2 heterocycles. The smallest absolute Gasteiger partial charge is 0.258 e. The van der Waals surface area contributed by atoms with Gasteiger partial charge in [-0.2, -0.15) is 0 Å². The number of carbonyl (C=O) groups is 1. The lowest BCUT2D eigenvalue weighted by Gasteiger charge is -2.32. The van der Waals surface area contributed by atoms with Crippen LogP contribution in [0.2, 0.25) is 0 Å². The van der Waals surface area contributed by atoms with E-state index in [9.17, 15) is 14.7 Å². The van der Waals surface area contributed by atoms with E-state index in [-0.39, 0.29) is 11.5 Å². The topological polar surface area (TPSA) is 98.3 Å². The highest BCUT2D eigenvalue weighted by Gasteiger charge is 2.31. The molecule has 1 aliphatic heterocycles. The number of fused-ring (bicyclic) bond motifs is 1. The van der Waals surface area contributed by atoms with E-state index >= 15 is 0 Å². The third-order valence-corrected chi connectivity index (χ3v) is 4.44. The second-order valence-electron chi connectivity index (χ2n) is 6.30. The van der Waals surface area contributed by atoms with Gasteiger partial charge in [-0.15, -0.1) is 0 Å². The Balaban J connectivity index is 1.60. The lowest BCUT2D eigenvalue weighted by atomic mass is 9.94. The molecule has 0 saturated carbocycles. The molecule has 1 aromatic carbocycles.